The number of hydrogen-bond acceptors (Lipinski definition) is 3. The van der Waals surface area contributed by atoms with Gasteiger partial charge in [-0.05, 0) is 112 Å². The molecule has 66 heavy (non-hydrogen) atoms. The Morgan fingerprint density at radius 3 is 1.38 bits per heavy atom. The van der Waals surface area contributed by atoms with Crippen LogP contribution in [0.15, 0.2) is 255 Å². The molecule has 0 fully saturated rings. The second kappa shape index (κ2) is 16.7. The van der Waals surface area contributed by atoms with Crippen LogP contribution in [0.3, 0.4) is 0 Å². The largest absolute Gasteiger partial charge is 0.311 e. The number of aromatic nitrogens is 3. The van der Waals surface area contributed by atoms with Gasteiger partial charge in [0, 0.05) is 50.0 Å². The van der Waals surface area contributed by atoms with Crippen molar-refractivity contribution < 1.29 is 0 Å². The first kappa shape index (κ1) is 38.8. The molecule has 4 heteroatoms. The molecule has 0 bridgehead atoms. The number of para-hydroxylation sites is 2. The zero-order valence-electron chi connectivity index (χ0n) is 36.0. The lowest BCUT2D eigenvalue weighted by molar-refractivity contribution is 1.17. The van der Waals surface area contributed by atoms with Gasteiger partial charge in [0.05, 0.1) is 22.2 Å². The van der Waals surface area contributed by atoms with Crippen LogP contribution in [-0.2, 0) is 0 Å². The molecule has 0 unspecified atom stereocenters. The van der Waals surface area contributed by atoms with Gasteiger partial charge in [0.25, 0.3) is 0 Å². The first-order chi connectivity index (χ1) is 32.7. The van der Waals surface area contributed by atoms with E-state index in [-0.39, 0.29) is 0 Å². The van der Waals surface area contributed by atoms with Crippen molar-refractivity contribution in [3.05, 3.63) is 255 Å². The maximum atomic E-state index is 5.17. The van der Waals surface area contributed by atoms with Crippen LogP contribution in [0, 0.1) is 0 Å². The summed E-state index contributed by atoms with van der Waals surface area (Å²) in [7, 11) is 0. The molecule has 0 amide bonds. The van der Waals surface area contributed by atoms with Crippen LogP contribution >= 0.6 is 0 Å². The van der Waals surface area contributed by atoms with Gasteiger partial charge in [-0.2, -0.15) is 0 Å². The maximum Gasteiger partial charge on any atom is 0.160 e. The topological polar surface area (TPSA) is 34.0 Å². The molecule has 2 heterocycles. The number of benzene rings is 10. The molecule has 310 valence electrons. The van der Waals surface area contributed by atoms with Crippen molar-refractivity contribution in [2.24, 2.45) is 0 Å². The van der Waals surface area contributed by atoms with Crippen molar-refractivity contribution in [1.29, 1.82) is 0 Å². The summed E-state index contributed by atoms with van der Waals surface area (Å²) in [6.45, 7) is 0. The predicted molar refractivity (Wildman–Crippen MR) is 276 cm³/mol. The predicted octanol–water partition coefficient (Wildman–Crippen LogP) is 16.5. The molecule has 0 N–H and O–H groups in total. The van der Waals surface area contributed by atoms with Gasteiger partial charge in [-0.15, -0.1) is 0 Å². The van der Waals surface area contributed by atoms with Gasteiger partial charge < -0.3 is 9.47 Å². The van der Waals surface area contributed by atoms with E-state index in [0.717, 1.165) is 72.6 Å². The van der Waals surface area contributed by atoms with Crippen LogP contribution in [0.5, 0.6) is 0 Å². The molecular formula is C62H42N4. The van der Waals surface area contributed by atoms with Crippen LogP contribution in [0.4, 0.5) is 17.1 Å². The molecular weight excluding hydrogens is 801 g/mol. The highest BCUT2D eigenvalue weighted by Crippen LogP contribution is 2.40. The summed E-state index contributed by atoms with van der Waals surface area (Å²) >= 11 is 0. The van der Waals surface area contributed by atoms with Crippen molar-refractivity contribution >= 4 is 49.8 Å². The van der Waals surface area contributed by atoms with Crippen molar-refractivity contribution in [3.63, 3.8) is 0 Å². The Hall–Kier alpha value is -8.86. The zero-order chi connectivity index (χ0) is 43.8. The molecule has 0 aliphatic carbocycles. The minimum absolute atomic E-state index is 0.711. The number of fused-ring (bicyclic) bond motifs is 4. The highest BCUT2D eigenvalue weighted by Gasteiger charge is 2.18. The number of hydrogen-bond donors (Lipinski definition) is 0. The normalized spacial score (nSPS) is 11.3. The average Bonchev–Trinajstić information content (AvgIpc) is 3.73. The van der Waals surface area contributed by atoms with E-state index in [4.69, 9.17) is 9.97 Å². The second-order valence-electron chi connectivity index (χ2n) is 16.6. The number of anilines is 3. The van der Waals surface area contributed by atoms with Crippen LogP contribution in [-0.4, -0.2) is 14.5 Å². The molecule has 4 nitrogen and oxygen atoms in total. The standard InChI is InChI=1S/C62H42N4/c1-4-15-43(16-5-1)45-27-32-51(33-28-45)65(52-34-29-46(30-35-52)44-17-6-2-7-18-44)53-36-38-54(39-37-53)66-59-26-13-11-23-55(59)57-42-49(31-40-60(57)66)48-21-14-22-50(41-48)62-63-58-25-12-10-24-56(58)61(64-62)47-19-8-3-9-20-47/h1-42H. The molecule has 0 saturated carbocycles. The summed E-state index contributed by atoms with van der Waals surface area (Å²) in [5.74, 6) is 0.711. The van der Waals surface area contributed by atoms with E-state index in [1.165, 1.54) is 33.0 Å². The Morgan fingerprint density at radius 1 is 0.288 bits per heavy atom. The Balaban J connectivity index is 0.912. The van der Waals surface area contributed by atoms with Gasteiger partial charge in [-0.1, -0.05) is 176 Å². The van der Waals surface area contributed by atoms with Crippen LogP contribution in [0.2, 0.25) is 0 Å². The van der Waals surface area contributed by atoms with Crippen LogP contribution in [0.1, 0.15) is 0 Å². The third-order valence-corrected chi connectivity index (χ3v) is 12.6. The third-order valence-electron chi connectivity index (χ3n) is 12.6. The summed E-state index contributed by atoms with van der Waals surface area (Å²) in [5, 5.41) is 3.45. The molecule has 0 aliphatic rings. The fourth-order valence-corrected chi connectivity index (χ4v) is 9.36. The van der Waals surface area contributed by atoms with Gasteiger partial charge in [0.1, 0.15) is 0 Å². The Bertz CT molecular complexity index is 3570. The highest BCUT2D eigenvalue weighted by atomic mass is 15.1. The monoisotopic (exact) mass is 842 g/mol. The summed E-state index contributed by atoms with van der Waals surface area (Å²) in [4.78, 5) is 12.6. The zero-order valence-corrected chi connectivity index (χ0v) is 36.0. The van der Waals surface area contributed by atoms with E-state index < -0.39 is 0 Å². The van der Waals surface area contributed by atoms with E-state index in [9.17, 15) is 0 Å². The smallest absolute Gasteiger partial charge is 0.160 e. The van der Waals surface area contributed by atoms with E-state index in [0.29, 0.717) is 5.82 Å². The Labute approximate surface area is 384 Å². The first-order valence-corrected chi connectivity index (χ1v) is 22.4. The lowest BCUT2D eigenvalue weighted by Gasteiger charge is -2.26. The highest BCUT2D eigenvalue weighted by molar-refractivity contribution is 6.10. The molecule has 0 radical (unpaired) electrons. The minimum atomic E-state index is 0.711. The van der Waals surface area contributed by atoms with E-state index >= 15 is 0 Å². The summed E-state index contributed by atoms with van der Waals surface area (Å²) in [5.41, 5.74) is 17.6. The quantitative estimate of drug-likeness (QED) is 0.145. The van der Waals surface area contributed by atoms with Crippen molar-refractivity contribution in [3.8, 4) is 61.7 Å². The summed E-state index contributed by atoms with van der Waals surface area (Å²) < 4.78 is 2.39. The van der Waals surface area contributed by atoms with Crippen molar-refractivity contribution in [2.45, 2.75) is 0 Å². The fraction of sp³-hybridized carbons (Fsp3) is 0. The van der Waals surface area contributed by atoms with Gasteiger partial charge in [-0.3, -0.25) is 0 Å². The van der Waals surface area contributed by atoms with Crippen molar-refractivity contribution in [2.75, 3.05) is 4.90 Å². The number of rotatable bonds is 9. The molecule has 0 aliphatic heterocycles. The lowest BCUT2D eigenvalue weighted by atomic mass is 10.00. The Morgan fingerprint density at radius 2 is 0.742 bits per heavy atom. The van der Waals surface area contributed by atoms with Crippen LogP contribution in [0.25, 0.3) is 94.4 Å². The van der Waals surface area contributed by atoms with E-state index in [1.54, 1.807) is 0 Å². The maximum absolute atomic E-state index is 5.17. The Kier molecular flexibility index (Phi) is 9.81. The second-order valence-corrected chi connectivity index (χ2v) is 16.6. The van der Waals surface area contributed by atoms with Gasteiger partial charge in [-0.25, -0.2) is 9.97 Å². The first-order valence-electron chi connectivity index (χ1n) is 22.4. The summed E-state index contributed by atoms with van der Waals surface area (Å²) in [6, 6.07) is 90.6. The van der Waals surface area contributed by atoms with Gasteiger partial charge >= 0.3 is 0 Å². The number of nitrogens with zero attached hydrogens (tertiary/aromatic N) is 4. The molecule has 12 aromatic rings. The summed E-state index contributed by atoms with van der Waals surface area (Å²) in [6.07, 6.45) is 0. The molecule has 0 saturated heterocycles. The van der Waals surface area contributed by atoms with Gasteiger partial charge in [0.2, 0.25) is 0 Å². The fourth-order valence-electron chi connectivity index (χ4n) is 9.36. The molecule has 2 aromatic heterocycles. The van der Waals surface area contributed by atoms with Crippen molar-refractivity contribution in [1.82, 2.24) is 14.5 Å². The third kappa shape index (κ3) is 7.17. The molecule has 0 spiro atoms. The molecule has 10 aromatic carbocycles. The average molecular weight is 843 g/mol. The molecule has 12 rings (SSSR count). The lowest BCUT2D eigenvalue weighted by Crippen LogP contribution is -2.10. The van der Waals surface area contributed by atoms with E-state index in [1.807, 2.05) is 12.1 Å². The SMILES string of the molecule is c1ccc(-c2ccc(N(c3ccc(-c4ccccc4)cc3)c3ccc(-n4c5ccccc5c5cc(-c6cccc(-c7nc(-c8ccccc8)c8ccccc8n7)c6)ccc54)cc3)cc2)cc1. The van der Waals surface area contributed by atoms with Gasteiger partial charge in [0.15, 0.2) is 5.82 Å². The van der Waals surface area contributed by atoms with E-state index in [2.05, 4.69) is 252 Å². The minimum Gasteiger partial charge on any atom is -0.311 e. The molecule has 0 atom stereocenters. The van der Waals surface area contributed by atoms with Crippen LogP contribution < -0.4 is 4.90 Å².